The molecule has 2 atom stereocenters. The second-order valence-corrected chi connectivity index (χ2v) is 6.32. The molecule has 0 aliphatic carbocycles. The van der Waals surface area contributed by atoms with Gasteiger partial charge in [-0.25, -0.2) is 8.42 Å². The number of hydrogen-bond acceptors (Lipinski definition) is 4. The van der Waals surface area contributed by atoms with Crippen LogP contribution in [0.5, 0.6) is 0 Å². The lowest BCUT2D eigenvalue weighted by Gasteiger charge is -2.28. The number of aliphatic hydroxyl groups excluding tert-OH is 1. The molecular formula is C8H15NO3S. The number of β-amino-alcohol motifs (C(OH)–C–C–N with tert-alkyl or cyclic N) is 1. The molecular weight excluding hydrogens is 190 g/mol. The zero-order valence-electron chi connectivity index (χ0n) is 7.44. The topological polar surface area (TPSA) is 66.4 Å². The van der Waals surface area contributed by atoms with E-state index in [0.717, 1.165) is 13.0 Å². The number of nitrogens with one attached hydrogen (secondary N) is 1. The van der Waals surface area contributed by atoms with E-state index in [2.05, 4.69) is 5.32 Å². The first-order chi connectivity index (χ1) is 6.07. The van der Waals surface area contributed by atoms with E-state index in [4.69, 9.17) is 0 Å². The van der Waals surface area contributed by atoms with Crippen molar-refractivity contribution in [3.63, 3.8) is 0 Å². The third-order valence-corrected chi connectivity index (χ3v) is 4.88. The molecule has 2 aliphatic rings. The number of rotatable bonds is 2. The van der Waals surface area contributed by atoms with Crippen molar-refractivity contribution < 1.29 is 13.5 Å². The summed E-state index contributed by atoms with van der Waals surface area (Å²) in [5, 5.41) is 12.6. The van der Waals surface area contributed by atoms with Gasteiger partial charge in [0.05, 0.1) is 17.6 Å². The summed E-state index contributed by atoms with van der Waals surface area (Å²) in [4.78, 5) is 0. The lowest BCUT2D eigenvalue weighted by molar-refractivity contribution is 0.134. The van der Waals surface area contributed by atoms with Crippen LogP contribution in [0.2, 0.25) is 0 Å². The van der Waals surface area contributed by atoms with Gasteiger partial charge in [-0.3, -0.25) is 0 Å². The molecule has 0 aromatic carbocycles. The van der Waals surface area contributed by atoms with Crippen molar-refractivity contribution in [2.45, 2.75) is 12.5 Å². The Morgan fingerprint density at radius 2 is 2.00 bits per heavy atom. The standard InChI is InChI=1S/C8H15NO3S/c10-8-3-9-2-7(8)1-6-4-13(11,12)5-6/h6-10H,1-5H2. The summed E-state index contributed by atoms with van der Waals surface area (Å²) in [5.74, 6) is 1.22. The zero-order chi connectivity index (χ0) is 9.47. The van der Waals surface area contributed by atoms with E-state index in [1.165, 1.54) is 0 Å². The van der Waals surface area contributed by atoms with Gasteiger partial charge < -0.3 is 10.4 Å². The number of sulfone groups is 1. The Morgan fingerprint density at radius 1 is 1.31 bits per heavy atom. The average Bonchev–Trinajstić information content (AvgIpc) is 2.33. The van der Waals surface area contributed by atoms with Crippen LogP contribution in [-0.4, -0.2) is 44.2 Å². The van der Waals surface area contributed by atoms with Gasteiger partial charge in [0.25, 0.3) is 0 Å². The molecule has 0 aromatic heterocycles. The van der Waals surface area contributed by atoms with E-state index in [9.17, 15) is 13.5 Å². The molecule has 2 rings (SSSR count). The van der Waals surface area contributed by atoms with Crippen molar-refractivity contribution >= 4 is 9.84 Å². The summed E-state index contributed by atoms with van der Waals surface area (Å²) >= 11 is 0. The van der Waals surface area contributed by atoms with Crippen molar-refractivity contribution in [3.8, 4) is 0 Å². The molecule has 2 fully saturated rings. The van der Waals surface area contributed by atoms with Crippen LogP contribution in [-0.2, 0) is 9.84 Å². The van der Waals surface area contributed by atoms with Crippen LogP contribution in [0, 0.1) is 11.8 Å². The number of hydrogen-bond donors (Lipinski definition) is 2. The van der Waals surface area contributed by atoms with Gasteiger partial charge in [-0.1, -0.05) is 0 Å². The first kappa shape index (κ1) is 9.43. The largest absolute Gasteiger partial charge is 0.391 e. The van der Waals surface area contributed by atoms with Crippen LogP contribution in [0.25, 0.3) is 0 Å². The Balaban J connectivity index is 1.80. The van der Waals surface area contributed by atoms with Gasteiger partial charge in [0.15, 0.2) is 9.84 Å². The normalized spacial score (nSPS) is 38.8. The van der Waals surface area contributed by atoms with Gasteiger partial charge in [0.2, 0.25) is 0 Å². The van der Waals surface area contributed by atoms with Crippen molar-refractivity contribution in [1.82, 2.24) is 5.32 Å². The van der Waals surface area contributed by atoms with Gasteiger partial charge in [-0.05, 0) is 18.3 Å². The molecule has 13 heavy (non-hydrogen) atoms. The molecule has 2 N–H and O–H groups in total. The second-order valence-electron chi connectivity index (χ2n) is 4.16. The maximum atomic E-state index is 10.9. The molecule has 0 radical (unpaired) electrons. The van der Waals surface area contributed by atoms with Crippen LogP contribution >= 0.6 is 0 Å². The summed E-state index contributed by atoms with van der Waals surface area (Å²) in [5.41, 5.74) is 0. The molecule has 0 spiro atoms. The maximum absolute atomic E-state index is 10.9. The third kappa shape index (κ3) is 2.03. The van der Waals surface area contributed by atoms with Gasteiger partial charge in [-0.15, -0.1) is 0 Å². The molecule has 4 nitrogen and oxygen atoms in total. The van der Waals surface area contributed by atoms with Gasteiger partial charge in [0.1, 0.15) is 0 Å². The van der Waals surface area contributed by atoms with E-state index in [1.54, 1.807) is 0 Å². The highest BCUT2D eigenvalue weighted by atomic mass is 32.2. The Hall–Kier alpha value is -0.130. The third-order valence-electron chi connectivity index (χ3n) is 2.92. The lowest BCUT2D eigenvalue weighted by Crippen LogP contribution is -2.38. The molecule has 2 unspecified atom stereocenters. The number of aliphatic hydroxyl groups is 1. The maximum Gasteiger partial charge on any atom is 0.150 e. The summed E-state index contributed by atoms with van der Waals surface area (Å²) in [7, 11) is -2.69. The molecule has 0 amide bonds. The first-order valence-electron chi connectivity index (χ1n) is 4.66. The SMILES string of the molecule is O=S1(=O)CC(CC2CNCC2O)C1. The fourth-order valence-corrected chi connectivity index (χ4v) is 3.80. The Labute approximate surface area is 78.3 Å². The van der Waals surface area contributed by atoms with Gasteiger partial charge >= 0.3 is 0 Å². The highest BCUT2D eigenvalue weighted by molar-refractivity contribution is 7.92. The van der Waals surface area contributed by atoms with Crippen molar-refractivity contribution in [2.24, 2.45) is 11.8 Å². The van der Waals surface area contributed by atoms with E-state index >= 15 is 0 Å². The van der Waals surface area contributed by atoms with Crippen LogP contribution in [0.15, 0.2) is 0 Å². The van der Waals surface area contributed by atoms with E-state index < -0.39 is 9.84 Å². The molecule has 2 saturated heterocycles. The molecule has 76 valence electrons. The predicted molar refractivity (Wildman–Crippen MR) is 49.1 cm³/mol. The van der Waals surface area contributed by atoms with Crippen LogP contribution < -0.4 is 5.32 Å². The highest BCUT2D eigenvalue weighted by Gasteiger charge is 2.37. The van der Waals surface area contributed by atoms with Crippen molar-refractivity contribution in [1.29, 1.82) is 0 Å². The van der Waals surface area contributed by atoms with E-state index in [1.807, 2.05) is 0 Å². The summed E-state index contributed by atoms with van der Waals surface area (Å²) in [6.07, 6.45) is 0.580. The summed E-state index contributed by atoms with van der Waals surface area (Å²) in [6, 6.07) is 0. The van der Waals surface area contributed by atoms with Crippen molar-refractivity contribution in [3.05, 3.63) is 0 Å². The molecule has 0 aromatic rings. The molecule has 2 heterocycles. The molecule has 5 heteroatoms. The van der Waals surface area contributed by atoms with Gasteiger partial charge in [-0.2, -0.15) is 0 Å². The summed E-state index contributed by atoms with van der Waals surface area (Å²) < 4.78 is 21.7. The fraction of sp³-hybridized carbons (Fsp3) is 1.00. The first-order valence-corrected chi connectivity index (χ1v) is 6.48. The van der Waals surface area contributed by atoms with E-state index in [0.29, 0.717) is 24.0 Å². The van der Waals surface area contributed by atoms with Crippen LogP contribution in [0.3, 0.4) is 0 Å². The monoisotopic (exact) mass is 205 g/mol. The quantitative estimate of drug-likeness (QED) is 0.607. The van der Waals surface area contributed by atoms with Crippen LogP contribution in [0.1, 0.15) is 6.42 Å². The predicted octanol–water partition coefficient (Wildman–Crippen LogP) is -0.999. The van der Waals surface area contributed by atoms with Crippen molar-refractivity contribution in [2.75, 3.05) is 24.6 Å². The highest BCUT2D eigenvalue weighted by Crippen LogP contribution is 2.27. The Morgan fingerprint density at radius 3 is 2.46 bits per heavy atom. The lowest BCUT2D eigenvalue weighted by atomic mass is 9.94. The fourth-order valence-electron chi connectivity index (χ4n) is 2.19. The molecule has 2 aliphatic heterocycles. The zero-order valence-corrected chi connectivity index (χ0v) is 8.26. The second kappa shape index (κ2) is 3.22. The Bertz CT molecular complexity index is 276. The summed E-state index contributed by atoms with van der Waals surface area (Å²) in [6.45, 7) is 1.49. The molecule has 0 bridgehead atoms. The minimum absolute atomic E-state index is 0.264. The minimum atomic E-state index is -2.69. The molecule has 0 saturated carbocycles. The van der Waals surface area contributed by atoms with Crippen LogP contribution in [0.4, 0.5) is 0 Å². The Kier molecular flexibility index (Phi) is 2.33. The van der Waals surface area contributed by atoms with E-state index in [-0.39, 0.29) is 12.0 Å². The smallest absolute Gasteiger partial charge is 0.150 e. The average molecular weight is 205 g/mol. The minimum Gasteiger partial charge on any atom is -0.391 e. The van der Waals surface area contributed by atoms with Gasteiger partial charge in [0, 0.05) is 13.1 Å².